The molecule has 0 radical (unpaired) electrons. The van der Waals surface area contributed by atoms with Crippen LogP contribution in [0.4, 0.5) is 0 Å². The maximum atomic E-state index is 13.1. The first-order chi connectivity index (χ1) is 17.4. The van der Waals surface area contributed by atoms with Crippen LogP contribution < -0.4 is 27.4 Å². The number of H-pyrrole nitrogens is 1. The Hall–Kier alpha value is -3.66. The highest BCUT2D eigenvalue weighted by molar-refractivity contribution is 7.98. The first-order valence-corrected chi connectivity index (χ1v) is 12.7. The number of hydrogen-bond acceptors (Lipinski definition) is 9. The number of aliphatic carboxylic acids is 2. The number of thioether (sulfide) groups is 1. The van der Waals surface area contributed by atoms with Crippen molar-refractivity contribution in [2.24, 2.45) is 11.5 Å². The van der Waals surface area contributed by atoms with E-state index in [1.807, 2.05) is 0 Å². The maximum Gasteiger partial charge on any atom is 0.326 e. The predicted molar refractivity (Wildman–Crippen MR) is 132 cm³/mol. The number of amides is 4. The summed E-state index contributed by atoms with van der Waals surface area (Å²) in [5.41, 5.74) is 11.2. The molecule has 0 aliphatic rings. The van der Waals surface area contributed by atoms with Gasteiger partial charge in [-0.3, -0.25) is 24.0 Å². The molecule has 0 bridgehead atoms. The van der Waals surface area contributed by atoms with Crippen LogP contribution in [0, 0.1) is 0 Å². The summed E-state index contributed by atoms with van der Waals surface area (Å²) in [7, 11) is 0. The second-order valence-corrected chi connectivity index (χ2v) is 9.11. The summed E-state index contributed by atoms with van der Waals surface area (Å²) in [5.74, 6) is -5.17. The van der Waals surface area contributed by atoms with Crippen LogP contribution in [0.15, 0.2) is 12.5 Å². The fraction of sp³-hybridized carbons (Fsp3) is 0.571. The number of carboxylic acid groups (broad SMARTS) is 2. The molecule has 0 fully saturated rings. The third kappa shape index (κ3) is 12.2. The molecule has 4 unspecified atom stereocenters. The average molecular weight is 544 g/mol. The average Bonchev–Trinajstić information content (AvgIpc) is 3.34. The number of nitrogens with zero attached hydrogens (tertiary/aromatic N) is 1. The highest BCUT2D eigenvalue weighted by Gasteiger charge is 2.31. The van der Waals surface area contributed by atoms with Gasteiger partial charge >= 0.3 is 11.9 Å². The van der Waals surface area contributed by atoms with E-state index in [0.717, 1.165) is 0 Å². The SMILES string of the molecule is CSCCC(NC(=O)C(Cc1cnc[nH]1)NC(=O)C(CCC(=O)O)NC(=O)C(N)CCC(N)=O)C(=O)O. The van der Waals surface area contributed by atoms with Crippen LogP contribution in [0.2, 0.25) is 0 Å². The minimum Gasteiger partial charge on any atom is -0.481 e. The van der Waals surface area contributed by atoms with Crippen LogP contribution in [0.5, 0.6) is 0 Å². The van der Waals surface area contributed by atoms with Crippen molar-refractivity contribution in [2.75, 3.05) is 12.0 Å². The van der Waals surface area contributed by atoms with E-state index in [1.165, 1.54) is 24.3 Å². The smallest absolute Gasteiger partial charge is 0.326 e. The number of imidazole rings is 1. The van der Waals surface area contributed by atoms with E-state index in [2.05, 4.69) is 25.9 Å². The molecule has 16 heteroatoms. The normalized spacial score (nSPS) is 14.0. The van der Waals surface area contributed by atoms with Crippen molar-refractivity contribution >= 4 is 47.3 Å². The van der Waals surface area contributed by atoms with E-state index in [9.17, 15) is 33.9 Å². The fourth-order valence-electron chi connectivity index (χ4n) is 3.11. The molecule has 1 heterocycles. The zero-order valence-electron chi connectivity index (χ0n) is 20.3. The van der Waals surface area contributed by atoms with Gasteiger partial charge in [-0.2, -0.15) is 11.8 Å². The summed E-state index contributed by atoms with van der Waals surface area (Å²) in [6.07, 6.45) is 3.54. The molecule has 0 saturated heterocycles. The number of carboxylic acids is 2. The Morgan fingerprint density at radius 1 is 0.946 bits per heavy atom. The van der Waals surface area contributed by atoms with Gasteiger partial charge in [-0.25, -0.2) is 9.78 Å². The molecule has 15 nitrogen and oxygen atoms in total. The third-order valence-electron chi connectivity index (χ3n) is 5.16. The van der Waals surface area contributed by atoms with Gasteiger partial charge in [-0.1, -0.05) is 0 Å². The summed E-state index contributed by atoms with van der Waals surface area (Å²) in [4.78, 5) is 78.7. The molecular formula is C21H33N7O8S. The zero-order chi connectivity index (χ0) is 28.0. The number of aromatic nitrogens is 2. The van der Waals surface area contributed by atoms with Gasteiger partial charge in [0.15, 0.2) is 0 Å². The highest BCUT2D eigenvalue weighted by atomic mass is 32.2. The van der Waals surface area contributed by atoms with Crippen LogP contribution in [-0.2, 0) is 35.2 Å². The number of rotatable bonds is 18. The van der Waals surface area contributed by atoms with Crippen LogP contribution in [-0.4, -0.2) is 91.9 Å². The van der Waals surface area contributed by atoms with E-state index < -0.39 is 66.2 Å². The number of carbonyl (C=O) groups is 6. The molecule has 10 N–H and O–H groups in total. The topological polar surface area (TPSA) is 260 Å². The van der Waals surface area contributed by atoms with Crippen LogP contribution in [0.25, 0.3) is 0 Å². The molecule has 1 rings (SSSR count). The Labute approximate surface area is 216 Å². The van der Waals surface area contributed by atoms with Gasteiger partial charge in [-0.05, 0) is 31.3 Å². The van der Waals surface area contributed by atoms with Gasteiger partial charge in [0.2, 0.25) is 23.6 Å². The van der Waals surface area contributed by atoms with Crippen molar-refractivity contribution < 1.29 is 39.0 Å². The molecule has 37 heavy (non-hydrogen) atoms. The molecule has 1 aromatic rings. The summed E-state index contributed by atoms with van der Waals surface area (Å²) in [6, 6.07) is -5.06. The highest BCUT2D eigenvalue weighted by Crippen LogP contribution is 2.06. The van der Waals surface area contributed by atoms with E-state index in [0.29, 0.717) is 11.4 Å². The Morgan fingerprint density at radius 3 is 2.11 bits per heavy atom. The summed E-state index contributed by atoms with van der Waals surface area (Å²) < 4.78 is 0. The molecule has 206 valence electrons. The number of nitrogens with two attached hydrogens (primary N) is 2. The molecular weight excluding hydrogens is 510 g/mol. The van der Waals surface area contributed by atoms with Crippen molar-refractivity contribution in [1.82, 2.24) is 25.9 Å². The molecule has 0 aromatic carbocycles. The van der Waals surface area contributed by atoms with Gasteiger partial charge in [0.1, 0.15) is 18.1 Å². The standard InChI is InChI=1S/C21H33N7O8S/c1-37-7-6-14(21(35)36)27-20(34)15(8-11-9-24-10-25-11)28-19(33)13(3-5-17(30)31)26-18(32)12(22)2-4-16(23)29/h9-10,12-15H,2-8,22H2,1H3,(H2,23,29)(H,24,25)(H,26,32)(H,27,34)(H,28,33)(H,30,31)(H,35,36). The van der Waals surface area contributed by atoms with Crippen LogP contribution in [0.1, 0.15) is 37.8 Å². The second kappa shape index (κ2) is 16.2. The quantitative estimate of drug-likeness (QED) is 0.0976. The van der Waals surface area contributed by atoms with Crippen molar-refractivity contribution in [1.29, 1.82) is 0 Å². The Kier molecular flexibility index (Phi) is 13.7. The lowest BCUT2D eigenvalue weighted by atomic mass is 10.1. The summed E-state index contributed by atoms with van der Waals surface area (Å²) in [6.45, 7) is 0. The number of nitrogens with one attached hydrogen (secondary N) is 4. The van der Waals surface area contributed by atoms with Crippen molar-refractivity contribution in [3.8, 4) is 0 Å². The first-order valence-electron chi connectivity index (χ1n) is 11.3. The lowest BCUT2D eigenvalue weighted by Crippen LogP contribution is -2.57. The molecule has 0 aliphatic heterocycles. The zero-order valence-corrected chi connectivity index (χ0v) is 21.1. The Bertz CT molecular complexity index is 943. The summed E-state index contributed by atoms with van der Waals surface area (Å²) in [5, 5.41) is 25.7. The molecule has 1 aromatic heterocycles. The molecule has 0 saturated carbocycles. The molecule has 0 spiro atoms. The number of primary amides is 1. The Balaban J connectivity index is 3.05. The minimum absolute atomic E-state index is 0.0914. The second-order valence-electron chi connectivity index (χ2n) is 8.13. The van der Waals surface area contributed by atoms with Gasteiger partial charge in [0.05, 0.1) is 12.4 Å². The lowest BCUT2D eigenvalue weighted by Gasteiger charge is -2.25. The van der Waals surface area contributed by atoms with E-state index in [1.54, 1.807) is 6.26 Å². The van der Waals surface area contributed by atoms with E-state index in [-0.39, 0.29) is 32.1 Å². The molecule has 4 amide bonds. The lowest BCUT2D eigenvalue weighted by molar-refractivity contribution is -0.142. The fourth-order valence-corrected chi connectivity index (χ4v) is 3.58. The molecule has 0 aliphatic carbocycles. The first kappa shape index (κ1) is 31.4. The minimum atomic E-state index is -1.38. The van der Waals surface area contributed by atoms with Gasteiger partial charge in [0.25, 0.3) is 0 Å². The van der Waals surface area contributed by atoms with Gasteiger partial charge < -0.3 is 42.6 Å². The van der Waals surface area contributed by atoms with Gasteiger partial charge in [-0.15, -0.1) is 0 Å². The molecule has 4 atom stereocenters. The summed E-state index contributed by atoms with van der Waals surface area (Å²) >= 11 is 1.40. The number of hydrogen-bond donors (Lipinski definition) is 8. The largest absolute Gasteiger partial charge is 0.481 e. The maximum absolute atomic E-state index is 13.1. The number of carbonyl (C=O) groups excluding carboxylic acids is 4. The van der Waals surface area contributed by atoms with Crippen molar-refractivity contribution in [3.63, 3.8) is 0 Å². The van der Waals surface area contributed by atoms with Crippen LogP contribution in [0.3, 0.4) is 0 Å². The van der Waals surface area contributed by atoms with E-state index in [4.69, 9.17) is 16.6 Å². The van der Waals surface area contributed by atoms with Crippen molar-refractivity contribution in [2.45, 2.75) is 62.7 Å². The van der Waals surface area contributed by atoms with Gasteiger partial charge in [0, 0.05) is 31.2 Å². The van der Waals surface area contributed by atoms with Crippen molar-refractivity contribution in [3.05, 3.63) is 18.2 Å². The number of aromatic amines is 1. The van der Waals surface area contributed by atoms with Crippen LogP contribution >= 0.6 is 11.8 Å². The Morgan fingerprint density at radius 2 is 1.57 bits per heavy atom. The monoisotopic (exact) mass is 543 g/mol. The predicted octanol–water partition coefficient (Wildman–Crippen LogP) is -2.30. The third-order valence-corrected chi connectivity index (χ3v) is 5.80. The van der Waals surface area contributed by atoms with E-state index >= 15 is 0 Å².